The summed E-state index contributed by atoms with van der Waals surface area (Å²) >= 11 is 0. The van der Waals surface area contributed by atoms with Crippen LogP contribution in [0.15, 0.2) is 29.2 Å². The summed E-state index contributed by atoms with van der Waals surface area (Å²) in [6.45, 7) is 3.10. The van der Waals surface area contributed by atoms with Crippen molar-refractivity contribution in [2.75, 3.05) is 38.2 Å². The molecule has 0 radical (unpaired) electrons. The zero-order valence-electron chi connectivity index (χ0n) is 16.4. The molecule has 0 aromatic heterocycles. The third-order valence-electron chi connectivity index (χ3n) is 5.10. The van der Waals surface area contributed by atoms with Gasteiger partial charge in [-0.15, -0.1) is 0 Å². The first-order valence-corrected chi connectivity index (χ1v) is 11.7. The molecule has 156 valence electrons. The van der Waals surface area contributed by atoms with Gasteiger partial charge in [-0.3, -0.25) is 0 Å². The van der Waals surface area contributed by atoms with Crippen molar-refractivity contribution in [1.29, 1.82) is 0 Å². The van der Waals surface area contributed by atoms with E-state index in [9.17, 15) is 13.2 Å². The van der Waals surface area contributed by atoms with E-state index in [1.807, 2.05) is 0 Å². The van der Waals surface area contributed by atoms with Crippen LogP contribution in [0.4, 0.5) is 10.5 Å². The number of carbonyl (C=O) groups is 1. The van der Waals surface area contributed by atoms with E-state index in [-0.39, 0.29) is 10.9 Å². The molecule has 0 atom stereocenters. The molecule has 0 unspecified atom stereocenters. The lowest BCUT2D eigenvalue weighted by Gasteiger charge is -2.20. The number of hydrogen-bond acceptors (Lipinski definition) is 4. The van der Waals surface area contributed by atoms with Crippen molar-refractivity contribution in [1.82, 2.24) is 9.62 Å². The van der Waals surface area contributed by atoms with Gasteiger partial charge in [-0.1, -0.05) is 18.9 Å². The Hall–Kier alpha value is -1.64. The van der Waals surface area contributed by atoms with Gasteiger partial charge in [0.25, 0.3) is 0 Å². The van der Waals surface area contributed by atoms with Crippen molar-refractivity contribution in [2.24, 2.45) is 5.92 Å². The highest BCUT2D eigenvalue weighted by atomic mass is 32.2. The molecular weight excluding hydrogens is 378 g/mol. The van der Waals surface area contributed by atoms with Crippen molar-refractivity contribution >= 4 is 21.7 Å². The molecule has 0 spiro atoms. The predicted molar refractivity (Wildman–Crippen MR) is 109 cm³/mol. The number of sulfonamides is 1. The van der Waals surface area contributed by atoms with Crippen LogP contribution in [0.1, 0.15) is 44.9 Å². The highest BCUT2D eigenvalue weighted by Gasteiger charge is 2.25. The van der Waals surface area contributed by atoms with Crippen LogP contribution in [0, 0.1) is 5.92 Å². The zero-order valence-corrected chi connectivity index (χ0v) is 17.2. The average Bonchev–Trinajstić information content (AvgIpc) is 3.51. The second kappa shape index (κ2) is 10.2. The highest BCUT2D eigenvalue weighted by molar-refractivity contribution is 7.89. The Labute approximate surface area is 167 Å². The maximum absolute atomic E-state index is 12.9. The summed E-state index contributed by atoms with van der Waals surface area (Å²) in [4.78, 5) is 12.3. The van der Waals surface area contributed by atoms with E-state index in [0.29, 0.717) is 31.9 Å². The Morgan fingerprint density at radius 3 is 2.61 bits per heavy atom. The number of ether oxygens (including phenoxy) is 1. The normalized spacial score (nSPS) is 18.4. The number of urea groups is 1. The van der Waals surface area contributed by atoms with E-state index in [4.69, 9.17) is 4.74 Å². The van der Waals surface area contributed by atoms with Gasteiger partial charge in [-0.05, 0) is 56.2 Å². The van der Waals surface area contributed by atoms with Gasteiger partial charge in [0.05, 0.1) is 4.90 Å². The van der Waals surface area contributed by atoms with Crippen molar-refractivity contribution in [2.45, 2.75) is 49.8 Å². The number of hydrogen-bond donors (Lipinski definition) is 2. The molecule has 7 nitrogen and oxygen atoms in total. The first-order chi connectivity index (χ1) is 13.6. The Bertz CT molecular complexity index is 742. The molecule has 1 aromatic carbocycles. The van der Waals surface area contributed by atoms with Gasteiger partial charge in [0, 0.05) is 38.5 Å². The molecule has 2 fully saturated rings. The minimum atomic E-state index is -3.53. The molecule has 1 aliphatic carbocycles. The summed E-state index contributed by atoms with van der Waals surface area (Å²) in [7, 11) is -3.53. The molecule has 28 heavy (non-hydrogen) atoms. The number of rotatable bonds is 9. The van der Waals surface area contributed by atoms with Gasteiger partial charge < -0.3 is 15.4 Å². The summed E-state index contributed by atoms with van der Waals surface area (Å²) < 4.78 is 32.9. The minimum absolute atomic E-state index is 0.223. The van der Waals surface area contributed by atoms with Gasteiger partial charge in [-0.2, -0.15) is 4.31 Å². The lowest BCUT2D eigenvalue weighted by atomic mass is 10.2. The second-order valence-electron chi connectivity index (χ2n) is 7.60. The average molecular weight is 410 g/mol. The van der Waals surface area contributed by atoms with Crippen LogP contribution in [0.5, 0.6) is 0 Å². The van der Waals surface area contributed by atoms with Crippen LogP contribution in [-0.2, 0) is 14.8 Å². The Kier molecular flexibility index (Phi) is 7.70. The highest BCUT2D eigenvalue weighted by Crippen LogP contribution is 2.28. The van der Waals surface area contributed by atoms with Crippen LogP contribution in [0.2, 0.25) is 0 Å². The lowest BCUT2D eigenvalue weighted by Crippen LogP contribution is -2.32. The number of nitrogens with zero attached hydrogens (tertiary/aromatic N) is 1. The smallest absolute Gasteiger partial charge is 0.319 e. The van der Waals surface area contributed by atoms with Gasteiger partial charge in [-0.25, -0.2) is 13.2 Å². The van der Waals surface area contributed by atoms with E-state index < -0.39 is 10.0 Å². The number of anilines is 1. The maximum Gasteiger partial charge on any atom is 0.319 e. The van der Waals surface area contributed by atoms with E-state index in [0.717, 1.165) is 44.6 Å². The van der Waals surface area contributed by atoms with E-state index in [1.165, 1.54) is 18.9 Å². The van der Waals surface area contributed by atoms with Crippen LogP contribution in [0.3, 0.4) is 0 Å². The van der Waals surface area contributed by atoms with Gasteiger partial charge in [0.15, 0.2) is 0 Å². The van der Waals surface area contributed by atoms with Crippen molar-refractivity contribution < 1.29 is 17.9 Å². The number of benzene rings is 1. The topological polar surface area (TPSA) is 87.7 Å². The molecule has 2 aliphatic rings. The minimum Gasteiger partial charge on any atom is -0.381 e. The second-order valence-corrected chi connectivity index (χ2v) is 9.54. The number of nitrogens with one attached hydrogen (secondary N) is 2. The number of amides is 2. The fourth-order valence-electron chi connectivity index (χ4n) is 3.25. The summed E-state index contributed by atoms with van der Waals surface area (Å²) in [6.07, 6.45) is 7.22. The molecule has 2 amide bonds. The van der Waals surface area contributed by atoms with E-state index in [2.05, 4.69) is 10.6 Å². The number of carbonyl (C=O) groups excluding carboxylic acids is 1. The summed E-state index contributed by atoms with van der Waals surface area (Å²) in [6, 6.07) is 6.12. The van der Waals surface area contributed by atoms with Crippen molar-refractivity contribution in [3.63, 3.8) is 0 Å². The molecular formula is C20H31N3O4S. The fourth-order valence-corrected chi connectivity index (χ4v) is 4.81. The Morgan fingerprint density at radius 1 is 1.14 bits per heavy atom. The zero-order chi connectivity index (χ0) is 19.8. The van der Waals surface area contributed by atoms with E-state index in [1.54, 1.807) is 22.5 Å². The monoisotopic (exact) mass is 409 g/mol. The van der Waals surface area contributed by atoms with Crippen LogP contribution in [0.25, 0.3) is 0 Å². The molecule has 3 rings (SSSR count). The molecule has 1 aromatic rings. The fraction of sp³-hybridized carbons (Fsp3) is 0.650. The summed E-state index contributed by atoms with van der Waals surface area (Å²) in [5.41, 5.74) is 0.471. The van der Waals surface area contributed by atoms with Gasteiger partial charge in [0.1, 0.15) is 0 Å². The van der Waals surface area contributed by atoms with Crippen molar-refractivity contribution in [3.05, 3.63) is 24.3 Å². The Morgan fingerprint density at radius 2 is 1.89 bits per heavy atom. The largest absolute Gasteiger partial charge is 0.381 e. The molecule has 1 saturated carbocycles. The first-order valence-electron chi connectivity index (χ1n) is 10.3. The molecule has 8 heteroatoms. The Balaban J connectivity index is 1.47. The van der Waals surface area contributed by atoms with Crippen molar-refractivity contribution in [3.8, 4) is 0 Å². The van der Waals surface area contributed by atoms with Crippen LogP contribution in [-0.4, -0.2) is 51.6 Å². The first kappa shape index (κ1) is 21.1. The molecule has 1 heterocycles. The predicted octanol–water partition coefficient (Wildman–Crippen LogP) is 3.19. The standard InChI is InChI=1S/C20H31N3O4S/c24-20(21-11-6-14-27-16-17-9-10-17)22-18-7-5-8-19(15-18)28(25,26)23-12-3-1-2-4-13-23/h5,7-8,15,17H,1-4,6,9-14,16H2,(H2,21,22,24). The van der Waals surface area contributed by atoms with Crippen LogP contribution < -0.4 is 10.6 Å². The van der Waals surface area contributed by atoms with Gasteiger partial charge >= 0.3 is 6.03 Å². The maximum atomic E-state index is 12.9. The van der Waals surface area contributed by atoms with Crippen LogP contribution >= 0.6 is 0 Å². The third-order valence-corrected chi connectivity index (χ3v) is 6.99. The molecule has 1 saturated heterocycles. The van der Waals surface area contributed by atoms with Gasteiger partial charge in [0.2, 0.25) is 10.0 Å². The lowest BCUT2D eigenvalue weighted by molar-refractivity contribution is 0.122. The third kappa shape index (κ3) is 6.46. The summed E-state index contributed by atoms with van der Waals surface area (Å²) in [5.74, 6) is 0.745. The van der Waals surface area contributed by atoms with E-state index >= 15 is 0 Å². The molecule has 0 bridgehead atoms. The molecule has 1 aliphatic heterocycles. The molecule has 2 N–H and O–H groups in total. The summed E-state index contributed by atoms with van der Waals surface area (Å²) in [5, 5.41) is 5.49. The quantitative estimate of drug-likeness (QED) is 0.613. The SMILES string of the molecule is O=C(NCCCOCC1CC1)Nc1cccc(S(=O)(=O)N2CCCCCC2)c1.